The maximum Gasteiger partial charge on any atom is 0.172 e. The molecule has 1 aromatic heterocycles. The van der Waals surface area contributed by atoms with Crippen molar-refractivity contribution in [2.45, 2.75) is 53.0 Å². The summed E-state index contributed by atoms with van der Waals surface area (Å²) in [5, 5.41) is 0. The summed E-state index contributed by atoms with van der Waals surface area (Å²) in [5.41, 5.74) is 3.01. The molecular formula is C13H22N+. The minimum absolute atomic E-state index is 1.15. The minimum Gasteiger partial charge on any atom is -0.205 e. The van der Waals surface area contributed by atoms with Crippen molar-refractivity contribution in [3.63, 3.8) is 0 Å². The third kappa shape index (κ3) is 2.83. The predicted molar refractivity (Wildman–Crippen MR) is 60.3 cm³/mol. The van der Waals surface area contributed by atoms with Gasteiger partial charge in [0.1, 0.15) is 6.54 Å². The van der Waals surface area contributed by atoms with Gasteiger partial charge in [-0.1, -0.05) is 27.2 Å². The van der Waals surface area contributed by atoms with Crippen LogP contribution >= 0.6 is 0 Å². The Hall–Kier alpha value is -0.850. The van der Waals surface area contributed by atoms with E-state index in [4.69, 9.17) is 0 Å². The number of hydrogen-bond donors (Lipinski definition) is 0. The van der Waals surface area contributed by atoms with Gasteiger partial charge in [-0.3, -0.25) is 0 Å². The molecule has 1 nitrogen and oxygen atoms in total. The number of hydrogen-bond acceptors (Lipinski definition) is 0. The predicted octanol–water partition coefficient (Wildman–Crippen LogP) is 2.90. The second-order valence-corrected chi connectivity index (χ2v) is 3.79. The molecule has 0 aromatic carbocycles. The van der Waals surface area contributed by atoms with Gasteiger partial charge < -0.3 is 0 Å². The lowest BCUT2D eigenvalue weighted by Gasteiger charge is -2.03. The van der Waals surface area contributed by atoms with Crippen molar-refractivity contribution in [2.75, 3.05) is 0 Å². The Bertz CT molecular complexity index is 279. The van der Waals surface area contributed by atoms with Crippen molar-refractivity contribution in [2.24, 2.45) is 0 Å². The van der Waals surface area contributed by atoms with E-state index in [1.54, 1.807) is 0 Å². The van der Waals surface area contributed by atoms with Gasteiger partial charge in [0.2, 0.25) is 0 Å². The topological polar surface area (TPSA) is 3.88 Å². The van der Waals surface area contributed by atoms with Gasteiger partial charge >= 0.3 is 0 Å². The summed E-state index contributed by atoms with van der Waals surface area (Å²) >= 11 is 0. The van der Waals surface area contributed by atoms with Gasteiger partial charge in [-0.25, -0.2) is 4.57 Å². The summed E-state index contributed by atoms with van der Waals surface area (Å²) in [5.74, 6) is 0. The van der Waals surface area contributed by atoms with Gasteiger partial charge in [0.15, 0.2) is 12.4 Å². The Morgan fingerprint density at radius 3 is 2.36 bits per heavy atom. The minimum atomic E-state index is 1.15. The maximum absolute atomic E-state index is 2.32. The first-order valence-electron chi connectivity index (χ1n) is 5.82. The lowest BCUT2D eigenvalue weighted by molar-refractivity contribution is -0.697. The number of aryl methyl sites for hydroxylation is 3. The van der Waals surface area contributed by atoms with Crippen LogP contribution in [0.4, 0.5) is 0 Å². The molecule has 14 heavy (non-hydrogen) atoms. The maximum atomic E-state index is 2.32. The zero-order valence-electron chi connectivity index (χ0n) is 9.71. The Morgan fingerprint density at radius 2 is 1.79 bits per heavy atom. The van der Waals surface area contributed by atoms with E-state index in [9.17, 15) is 0 Å². The van der Waals surface area contributed by atoms with Gasteiger partial charge in [-0.15, -0.1) is 0 Å². The van der Waals surface area contributed by atoms with Crippen LogP contribution in [0.25, 0.3) is 0 Å². The van der Waals surface area contributed by atoms with Gasteiger partial charge in [-0.05, 0) is 18.4 Å². The zero-order chi connectivity index (χ0) is 10.4. The van der Waals surface area contributed by atoms with Crippen molar-refractivity contribution >= 4 is 0 Å². The molecule has 0 amide bonds. The lowest BCUT2D eigenvalue weighted by atomic mass is 10.1. The Kier molecular flexibility index (Phi) is 4.64. The van der Waals surface area contributed by atoms with Crippen LogP contribution in [0, 0.1) is 0 Å². The number of nitrogens with zero attached hydrogens (tertiary/aromatic N) is 1. The highest BCUT2D eigenvalue weighted by molar-refractivity contribution is 5.20. The van der Waals surface area contributed by atoms with Crippen molar-refractivity contribution < 1.29 is 4.57 Å². The first kappa shape index (κ1) is 11.2. The van der Waals surface area contributed by atoms with Crippen LogP contribution in [0.1, 0.15) is 44.7 Å². The second-order valence-electron chi connectivity index (χ2n) is 3.79. The molecule has 0 aliphatic heterocycles. The summed E-state index contributed by atoms with van der Waals surface area (Å²) in [6.45, 7) is 7.86. The van der Waals surface area contributed by atoms with Crippen molar-refractivity contribution in [3.05, 3.63) is 29.6 Å². The third-order valence-electron chi connectivity index (χ3n) is 2.73. The fourth-order valence-electron chi connectivity index (χ4n) is 1.76. The summed E-state index contributed by atoms with van der Waals surface area (Å²) in [6, 6.07) is 2.27. The van der Waals surface area contributed by atoms with E-state index in [0.29, 0.717) is 0 Å². The molecule has 1 rings (SSSR count). The van der Waals surface area contributed by atoms with Gasteiger partial charge in [0.05, 0.1) is 0 Å². The van der Waals surface area contributed by atoms with Crippen LogP contribution in [-0.4, -0.2) is 0 Å². The highest BCUT2D eigenvalue weighted by atomic mass is 14.9. The molecule has 0 radical (unpaired) electrons. The first-order chi connectivity index (χ1) is 6.81. The molecule has 0 fully saturated rings. The molecule has 1 aromatic rings. The van der Waals surface area contributed by atoms with Crippen LogP contribution in [0.3, 0.4) is 0 Å². The summed E-state index contributed by atoms with van der Waals surface area (Å²) in [4.78, 5) is 0. The average molecular weight is 192 g/mol. The van der Waals surface area contributed by atoms with Crippen LogP contribution in [0.2, 0.25) is 0 Å². The third-order valence-corrected chi connectivity index (χ3v) is 2.73. The monoisotopic (exact) mass is 192 g/mol. The van der Waals surface area contributed by atoms with Gasteiger partial charge in [0.25, 0.3) is 0 Å². The Balaban J connectivity index is 2.79. The fourth-order valence-corrected chi connectivity index (χ4v) is 1.76. The Morgan fingerprint density at radius 1 is 1.07 bits per heavy atom. The number of pyridine rings is 1. The van der Waals surface area contributed by atoms with E-state index >= 15 is 0 Å². The number of rotatable bonds is 5. The van der Waals surface area contributed by atoms with E-state index < -0.39 is 0 Å². The van der Waals surface area contributed by atoms with Crippen molar-refractivity contribution in [1.82, 2.24) is 0 Å². The molecule has 0 unspecified atom stereocenters. The molecule has 1 heteroatoms. The molecule has 0 saturated heterocycles. The molecule has 0 spiro atoms. The first-order valence-corrected chi connectivity index (χ1v) is 5.82. The van der Waals surface area contributed by atoms with Gasteiger partial charge in [0, 0.05) is 18.1 Å². The normalized spacial score (nSPS) is 10.5. The SMILES string of the molecule is CCCC[n+]1ccc(CC)c(CC)c1. The molecule has 0 N–H and O–H groups in total. The fraction of sp³-hybridized carbons (Fsp3) is 0.615. The molecule has 1 heterocycles. The molecule has 0 bridgehead atoms. The van der Waals surface area contributed by atoms with Gasteiger partial charge in [-0.2, -0.15) is 0 Å². The standard InChI is InChI=1S/C13H22N/c1-4-7-9-14-10-8-12(5-2)13(6-3)11-14/h8,10-11H,4-7,9H2,1-3H3/q+1. The van der Waals surface area contributed by atoms with E-state index in [1.807, 2.05) is 0 Å². The highest BCUT2D eigenvalue weighted by Gasteiger charge is 2.05. The smallest absolute Gasteiger partial charge is 0.172 e. The van der Waals surface area contributed by atoms with Crippen LogP contribution in [-0.2, 0) is 19.4 Å². The summed E-state index contributed by atoms with van der Waals surface area (Å²) < 4.78 is 2.32. The molecule has 0 saturated carbocycles. The largest absolute Gasteiger partial charge is 0.205 e. The lowest BCUT2D eigenvalue weighted by Crippen LogP contribution is -2.33. The summed E-state index contributed by atoms with van der Waals surface area (Å²) in [6.07, 6.45) is 9.37. The van der Waals surface area contributed by atoms with E-state index in [0.717, 1.165) is 19.4 Å². The highest BCUT2D eigenvalue weighted by Crippen LogP contribution is 2.07. The van der Waals surface area contributed by atoms with Crippen molar-refractivity contribution in [3.8, 4) is 0 Å². The Labute approximate surface area is 87.8 Å². The van der Waals surface area contributed by atoms with Crippen LogP contribution in [0.5, 0.6) is 0 Å². The average Bonchev–Trinajstić information content (AvgIpc) is 2.25. The van der Waals surface area contributed by atoms with Crippen LogP contribution < -0.4 is 4.57 Å². The quantitative estimate of drug-likeness (QED) is 0.632. The van der Waals surface area contributed by atoms with E-state index in [1.165, 1.54) is 24.0 Å². The van der Waals surface area contributed by atoms with E-state index in [-0.39, 0.29) is 0 Å². The molecule has 78 valence electrons. The number of unbranched alkanes of at least 4 members (excludes halogenated alkanes) is 1. The number of aromatic nitrogens is 1. The molecular weight excluding hydrogens is 170 g/mol. The molecule has 0 atom stereocenters. The summed E-state index contributed by atoms with van der Waals surface area (Å²) in [7, 11) is 0. The second kappa shape index (κ2) is 5.79. The van der Waals surface area contributed by atoms with E-state index in [2.05, 4.69) is 43.8 Å². The molecule has 0 aliphatic rings. The van der Waals surface area contributed by atoms with Crippen molar-refractivity contribution in [1.29, 1.82) is 0 Å². The molecule has 0 aliphatic carbocycles. The zero-order valence-corrected chi connectivity index (χ0v) is 9.71. The van der Waals surface area contributed by atoms with Crippen LogP contribution in [0.15, 0.2) is 18.5 Å².